The summed E-state index contributed by atoms with van der Waals surface area (Å²) in [5.41, 5.74) is 1.09. The SMILES string of the molecule is COc1cnc(NC(=O)N2Cc3cccnc3N3CCC[C@@H]3C2)s1. The third kappa shape index (κ3) is 2.77. The highest BCUT2D eigenvalue weighted by Crippen LogP contribution is 2.32. The van der Waals surface area contributed by atoms with Gasteiger partial charge in [0.15, 0.2) is 10.2 Å². The molecule has 2 aromatic heterocycles. The van der Waals surface area contributed by atoms with Crippen molar-refractivity contribution in [2.75, 3.05) is 30.4 Å². The number of carbonyl (C=O) groups excluding carboxylic acids is 1. The lowest BCUT2D eigenvalue weighted by molar-refractivity contribution is 0.207. The highest BCUT2D eigenvalue weighted by molar-refractivity contribution is 7.17. The van der Waals surface area contributed by atoms with Crippen LogP contribution in [0.25, 0.3) is 0 Å². The molecule has 24 heavy (non-hydrogen) atoms. The number of hydrogen-bond acceptors (Lipinski definition) is 6. The Morgan fingerprint density at radius 2 is 2.38 bits per heavy atom. The van der Waals surface area contributed by atoms with E-state index in [2.05, 4.69) is 26.3 Å². The molecule has 0 aromatic carbocycles. The molecule has 0 spiro atoms. The molecule has 2 amide bonds. The van der Waals surface area contributed by atoms with Gasteiger partial charge in [-0.25, -0.2) is 14.8 Å². The molecule has 7 nitrogen and oxygen atoms in total. The number of urea groups is 1. The summed E-state index contributed by atoms with van der Waals surface area (Å²) in [6.07, 6.45) is 5.66. The maximum atomic E-state index is 12.7. The van der Waals surface area contributed by atoms with Crippen LogP contribution in [0.5, 0.6) is 5.06 Å². The van der Waals surface area contributed by atoms with Crippen LogP contribution in [0.15, 0.2) is 24.5 Å². The second-order valence-corrected chi connectivity index (χ2v) is 6.97. The van der Waals surface area contributed by atoms with Gasteiger partial charge in [-0.15, -0.1) is 0 Å². The number of ether oxygens (including phenoxy) is 1. The second-order valence-electron chi connectivity index (χ2n) is 5.97. The number of fused-ring (bicyclic) bond motifs is 3. The third-order valence-corrected chi connectivity index (χ3v) is 5.37. The number of hydrogen-bond donors (Lipinski definition) is 1. The Balaban J connectivity index is 1.56. The van der Waals surface area contributed by atoms with Gasteiger partial charge < -0.3 is 14.5 Å². The number of pyridine rings is 1. The standard InChI is InChI=1S/C16H19N5O2S/c1-23-13-8-18-15(24-13)19-16(22)20-9-11-4-2-6-17-14(11)21-7-3-5-12(21)10-20/h2,4,6,8,12H,3,5,7,9-10H2,1H3,(H,18,19,22)/t12-/m1/s1. The third-order valence-electron chi connectivity index (χ3n) is 4.50. The Hall–Kier alpha value is -2.35. The topological polar surface area (TPSA) is 70.6 Å². The van der Waals surface area contributed by atoms with E-state index >= 15 is 0 Å². The fourth-order valence-electron chi connectivity index (χ4n) is 3.38. The van der Waals surface area contributed by atoms with Crippen molar-refractivity contribution in [2.24, 2.45) is 0 Å². The minimum Gasteiger partial charge on any atom is -0.486 e. The van der Waals surface area contributed by atoms with Gasteiger partial charge in [-0.3, -0.25) is 5.32 Å². The smallest absolute Gasteiger partial charge is 0.324 e. The van der Waals surface area contributed by atoms with Crippen LogP contribution in [0.4, 0.5) is 15.7 Å². The molecule has 4 rings (SSSR count). The molecule has 1 fully saturated rings. The van der Waals surface area contributed by atoms with Crippen molar-refractivity contribution in [3.05, 3.63) is 30.1 Å². The fourth-order valence-corrected chi connectivity index (χ4v) is 4.00. The van der Waals surface area contributed by atoms with Gasteiger partial charge in [-0.05, 0) is 18.9 Å². The van der Waals surface area contributed by atoms with Gasteiger partial charge in [0.25, 0.3) is 0 Å². The summed E-state index contributed by atoms with van der Waals surface area (Å²) in [6, 6.07) is 4.18. The van der Waals surface area contributed by atoms with Crippen LogP contribution in [0.3, 0.4) is 0 Å². The Labute approximate surface area is 144 Å². The van der Waals surface area contributed by atoms with E-state index in [1.54, 1.807) is 13.3 Å². The van der Waals surface area contributed by atoms with Gasteiger partial charge in [-0.2, -0.15) is 0 Å². The van der Waals surface area contributed by atoms with Gasteiger partial charge in [0.1, 0.15) is 5.82 Å². The zero-order chi connectivity index (χ0) is 16.5. The van der Waals surface area contributed by atoms with Crippen molar-refractivity contribution in [3.63, 3.8) is 0 Å². The predicted octanol–water partition coefficient (Wildman–Crippen LogP) is 2.56. The first-order valence-electron chi connectivity index (χ1n) is 8.01. The molecule has 1 saturated heterocycles. The van der Waals surface area contributed by atoms with E-state index in [9.17, 15) is 4.79 Å². The Bertz CT molecular complexity index is 750. The quantitative estimate of drug-likeness (QED) is 0.906. The van der Waals surface area contributed by atoms with Crippen LogP contribution in [-0.2, 0) is 6.54 Å². The van der Waals surface area contributed by atoms with E-state index in [0.29, 0.717) is 29.3 Å². The molecule has 2 aromatic rings. The number of methoxy groups -OCH3 is 1. The summed E-state index contributed by atoms with van der Waals surface area (Å²) in [4.78, 5) is 25.6. The number of aromatic nitrogens is 2. The molecule has 8 heteroatoms. The van der Waals surface area contributed by atoms with Crippen molar-refractivity contribution in [3.8, 4) is 5.06 Å². The maximum absolute atomic E-state index is 12.7. The first-order chi connectivity index (χ1) is 11.7. The molecule has 0 aliphatic carbocycles. The Kier molecular flexibility index (Phi) is 3.97. The van der Waals surface area contributed by atoms with Crippen LogP contribution in [0.1, 0.15) is 18.4 Å². The van der Waals surface area contributed by atoms with E-state index < -0.39 is 0 Å². The van der Waals surface area contributed by atoms with E-state index in [0.717, 1.165) is 30.8 Å². The molecular weight excluding hydrogens is 326 g/mol. The van der Waals surface area contributed by atoms with Gasteiger partial charge >= 0.3 is 6.03 Å². The van der Waals surface area contributed by atoms with Crippen LogP contribution in [0, 0.1) is 0 Å². The number of carbonyl (C=O) groups is 1. The fraction of sp³-hybridized carbons (Fsp3) is 0.438. The average molecular weight is 345 g/mol. The largest absolute Gasteiger partial charge is 0.486 e. The van der Waals surface area contributed by atoms with Gasteiger partial charge in [-0.1, -0.05) is 17.4 Å². The molecule has 2 aliphatic rings. The average Bonchev–Trinajstić information content (AvgIpc) is 3.21. The Morgan fingerprint density at radius 3 is 3.21 bits per heavy atom. The van der Waals surface area contributed by atoms with Gasteiger partial charge in [0, 0.05) is 30.9 Å². The van der Waals surface area contributed by atoms with Crippen molar-refractivity contribution in [1.29, 1.82) is 0 Å². The number of anilines is 2. The Morgan fingerprint density at radius 1 is 1.46 bits per heavy atom. The number of amides is 2. The van der Waals surface area contributed by atoms with Crippen molar-refractivity contribution in [1.82, 2.24) is 14.9 Å². The second kappa shape index (κ2) is 6.27. The van der Waals surface area contributed by atoms with E-state index in [4.69, 9.17) is 4.74 Å². The minimum absolute atomic E-state index is 0.129. The van der Waals surface area contributed by atoms with Crippen molar-refractivity contribution >= 4 is 28.3 Å². The molecule has 0 saturated carbocycles. The normalized spacial score (nSPS) is 19.5. The molecule has 2 aliphatic heterocycles. The van der Waals surface area contributed by atoms with Gasteiger partial charge in [0.2, 0.25) is 0 Å². The zero-order valence-corrected chi connectivity index (χ0v) is 14.3. The van der Waals surface area contributed by atoms with Crippen molar-refractivity contribution < 1.29 is 9.53 Å². The monoisotopic (exact) mass is 345 g/mol. The summed E-state index contributed by atoms with van der Waals surface area (Å²) in [5, 5.41) is 4.11. The maximum Gasteiger partial charge on any atom is 0.324 e. The summed E-state index contributed by atoms with van der Waals surface area (Å²) in [5.74, 6) is 1.02. The molecule has 0 bridgehead atoms. The molecule has 0 radical (unpaired) electrons. The highest BCUT2D eigenvalue weighted by atomic mass is 32.1. The lowest BCUT2D eigenvalue weighted by Gasteiger charge is -2.26. The number of thiazole rings is 1. The first-order valence-corrected chi connectivity index (χ1v) is 8.82. The zero-order valence-electron chi connectivity index (χ0n) is 13.4. The number of nitrogens with one attached hydrogen (secondary N) is 1. The van der Waals surface area contributed by atoms with Gasteiger partial charge in [0.05, 0.1) is 19.9 Å². The summed E-state index contributed by atoms with van der Waals surface area (Å²) in [7, 11) is 1.59. The summed E-state index contributed by atoms with van der Waals surface area (Å²) in [6.45, 7) is 2.27. The van der Waals surface area contributed by atoms with Crippen LogP contribution in [0.2, 0.25) is 0 Å². The molecule has 0 unspecified atom stereocenters. The van der Waals surface area contributed by atoms with E-state index in [-0.39, 0.29) is 6.03 Å². The molecule has 1 atom stereocenters. The summed E-state index contributed by atoms with van der Waals surface area (Å²) >= 11 is 1.32. The minimum atomic E-state index is -0.129. The van der Waals surface area contributed by atoms with Crippen molar-refractivity contribution in [2.45, 2.75) is 25.4 Å². The molecular formula is C16H19N5O2S. The molecule has 1 N–H and O–H groups in total. The molecule has 4 heterocycles. The van der Waals surface area contributed by atoms with E-state index in [1.807, 2.05) is 17.2 Å². The van der Waals surface area contributed by atoms with Crippen LogP contribution < -0.4 is 15.0 Å². The van der Waals surface area contributed by atoms with Crippen LogP contribution >= 0.6 is 11.3 Å². The predicted molar refractivity (Wildman–Crippen MR) is 92.7 cm³/mol. The van der Waals surface area contributed by atoms with E-state index in [1.165, 1.54) is 11.3 Å². The highest BCUT2D eigenvalue weighted by Gasteiger charge is 2.34. The molecule has 126 valence electrons. The van der Waals surface area contributed by atoms with Crippen LogP contribution in [-0.4, -0.2) is 47.1 Å². The first kappa shape index (κ1) is 15.2. The number of nitrogens with zero attached hydrogens (tertiary/aromatic N) is 4. The lowest BCUT2D eigenvalue weighted by Crippen LogP contribution is -2.42. The lowest BCUT2D eigenvalue weighted by atomic mass is 10.2. The summed E-state index contributed by atoms with van der Waals surface area (Å²) < 4.78 is 5.12. The number of rotatable bonds is 2.